The Morgan fingerprint density at radius 2 is 2.07 bits per heavy atom. The smallest absolute Gasteiger partial charge is 0.319 e. The van der Waals surface area contributed by atoms with Crippen molar-refractivity contribution >= 4 is 11.8 Å². The second-order valence-electron chi connectivity index (χ2n) is 6.25. The van der Waals surface area contributed by atoms with Gasteiger partial charge in [-0.05, 0) is 50.6 Å². The van der Waals surface area contributed by atoms with Gasteiger partial charge in [0.25, 0.3) is 0 Å². The Balaban J connectivity index is 2.61. The summed E-state index contributed by atoms with van der Waals surface area (Å²) in [5.41, 5.74) is 3.54. The minimum Gasteiger partial charge on any atom is -0.337 e. The maximum atomic E-state index is 12.1. The zero-order chi connectivity index (χ0) is 20.2. The standard InChI is InChI=1S/C22H30N4O/c1-7-10-20(15-17(3)4)25-22(27)23-14-13-19-11-9-12-21(24-19)26(6)16-18(5)8-2/h7-12,15-16H,2-3,13-14H2,1,4-6H3,(H2,23,25,27)/b10-7-,18-16-,20-15+. The number of anilines is 1. The number of nitrogens with zero attached hydrogens (tertiary/aromatic N) is 2. The summed E-state index contributed by atoms with van der Waals surface area (Å²) >= 11 is 0. The molecule has 0 aliphatic heterocycles. The van der Waals surface area contributed by atoms with Crippen LogP contribution in [0.15, 0.2) is 78.7 Å². The molecular weight excluding hydrogens is 336 g/mol. The Morgan fingerprint density at radius 1 is 1.33 bits per heavy atom. The van der Waals surface area contributed by atoms with Gasteiger partial charge in [-0.15, -0.1) is 0 Å². The SMILES string of the molecule is C=C/C(C)=C\N(C)c1cccc(CCNC(=O)NC(/C=C\C)=C/C(=C)C)n1. The molecule has 0 atom stereocenters. The normalized spacial score (nSPS) is 12.0. The molecule has 0 saturated heterocycles. The quantitative estimate of drug-likeness (QED) is 0.633. The first kappa shape index (κ1) is 22.0. The summed E-state index contributed by atoms with van der Waals surface area (Å²) in [6, 6.07) is 5.61. The van der Waals surface area contributed by atoms with Crippen LogP contribution < -0.4 is 15.5 Å². The average molecular weight is 367 g/mol. The van der Waals surface area contributed by atoms with Crippen LogP contribution in [-0.2, 0) is 6.42 Å². The van der Waals surface area contributed by atoms with E-state index in [0.717, 1.165) is 22.7 Å². The largest absolute Gasteiger partial charge is 0.337 e. The van der Waals surface area contributed by atoms with Crippen LogP contribution in [0.4, 0.5) is 10.6 Å². The van der Waals surface area contributed by atoms with Gasteiger partial charge in [-0.3, -0.25) is 0 Å². The highest BCUT2D eigenvalue weighted by Crippen LogP contribution is 2.12. The van der Waals surface area contributed by atoms with E-state index in [1.165, 1.54) is 0 Å². The maximum absolute atomic E-state index is 12.1. The van der Waals surface area contributed by atoms with Gasteiger partial charge in [0.15, 0.2) is 0 Å². The molecule has 0 saturated carbocycles. The third-order valence-corrected chi connectivity index (χ3v) is 3.55. The fraction of sp³-hybridized carbons (Fsp3) is 0.273. The monoisotopic (exact) mass is 366 g/mol. The van der Waals surface area contributed by atoms with Crippen LogP contribution in [-0.4, -0.2) is 24.6 Å². The first-order valence-electron chi connectivity index (χ1n) is 8.90. The van der Waals surface area contributed by atoms with Crippen LogP contribution in [0.5, 0.6) is 0 Å². The van der Waals surface area contributed by atoms with Gasteiger partial charge in [0, 0.05) is 37.6 Å². The molecule has 1 rings (SSSR count). The van der Waals surface area contributed by atoms with Crippen molar-refractivity contribution in [2.24, 2.45) is 0 Å². The summed E-state index contributed by atoms with van der Waals surface area (Å²) in [5.74, 6) is 0.845. The molecule has 1 heterocycles. The Morgan fingerprint density at radius 3 is 2.70 bits per heavy atom. The fourth-order valence-electron chi connectivity index (χ4n) is 2.28. The van der Waals surface area contributed by atoms with Crippen LogP contribution in [0.2, 0.25) is 0 Å². The van der Waals surface area contributed by atoms with Gasteiger partial charge in [-0.2, -0.15) is 0 Å². The van der Waals surface area contributed by atoms with Gasteiger partial charge in [0.1, 0.15) is 5.82 Å². The predicted molar refractivity (Wildman–Crippen MR) is 115 cm³/mol. The number of carbonyl (C=O) groups is 1. The number of hydrogen-bond acceptors (Lipinski definition) is 3. The minimum absolute atomic E-state index is 0.251. The lowest BCUT2D eigenvalue weighted by atomic mass is 10.2. The Kier molecular flexibility index (Phi) is 9.37. The highest BCUT2D eigenvalue weighted by atomic mass is 16.2. The second kappa shape index (κ2) is 11.5. The highest BCUT2D eigenvalue weighted by molar-refractivity contribution is 5.76. The van der Waals surface area contributed by atoms with Crippen LogP contribution >= 0.6 is 0 Å². The topological polar surface area (TPSA) is 57.3 Å². The summed E-state index contributed by atoms with van der Waals surface area (Å²) in [7, 11) is 1.95. The van der Waals surface area contributed by atoms with Gasteiger partial charge in [-0.25, -0.2) is 9.78 Å². The second-order valence-corrected chi connectivity index (χ2v) is 6.25. The van der Waals surface area contributed by atoms with Crippen molar-refractivity contribution in [2.45, 2.75) is 27.2 Å². The van der Waals surface area contributed by atoms with E-state index in [4.69, 9.17) is 0 Å². The highest BCUT2D eigenvalue weighted by Gasteiger charge is 2.04. The van der Waals surface area contributed by atoms with Crippen molar-refractivity contribution in [3.8, 4) is 0 Å². The summed E-state index contributed by atoms with van der Waals surface area (Å²) < 4.78 is 0. The van der Waals surface area contributed by atoms with Crippen molar-refractivity contribution in [3.63, 3.8) is 0 Å². The molecule has 2 amide bonds. The molecule has 0 radical (unpaired) electrons. The van der Waals surface area contributed by atoms with Gasteiger partial charge >= 0.3 is 6.03 Å². The zero-order valence-electron chi connectivity index (χ0n) is 16.7. The van der Waals surface area contributed by atoms with Gasteiger partial charge in [0.2, 0.25) is 0 Å². The number of hydrogen-bond donors (Lipinski definition) is 2. The summed E-state index contributed by atoms with van der Waals surface area (Å²) in [6.45, 7) is 13.8. The number of pyridine rings is 1. The van der Waals surface area contributed by atoms with Gasteiger partial charge < -0.3 is 15.5 Å². The Hall–Kier alpha value is -3.08. The molecule has 5 nitrogen and oxygen atoms in total. The third kappa shape index (κ3) is 8.72. The molecule has 0 bridgehead atoms. The number of rotatable bonds is 9. The lowest BCUT2D eigenvalue weighted by Gasteiger charge is -2.15. The zero-order valence-corrected chi connectivity index (χ0v) is 16.7. The van der Waals surface area contributed by atoms with Crippen molar-refractivity contribution < 1.29 is 4.79 Å². The molecule has 0 spiro atoms. The van der Waals surface area contributed by atoms with Crippen LogP contribution in [0.25, 0.3) is 0 Å². The average Bonchev–Trinajstić information content (AvgIpc) is 2.61. The molecule has 2 N–H and O–H groups in total. The van der Waals surface area contributed by atoms with E-state index < -0.39 is 0 Å². The van der Waals surface area contributed by atoms with E-state index in [2.05, 4.69) is 28.8 Å². The summed E-state index contributed by atoms with van der Waals surface area (Å²) in [5, 5.41) is 5.66. The number of aromatic nitrogens is 1. The Bertz CT molecular complexity index is 759. The van der Waals surface area contributed by atoms with E-state index in [1.807, 2.05) is 75.3 Å². The van der Waals surface area contributed by atoms with E-state index in [1.54, 1.807) is 6.08 Å². The molecule has 144 valence electrons. The van der Waals surface area contributed by atoms with Crippen molar-refractivity contribution in [3.05, 3.63) is 84.4 Å². The molecule has 27 heavy (non-hydrogen) atoms. The predicted octanol–water partition coefficient (Wildman–Crippen LogP) is 4.49. The molecule has 1 aromatic rings. The third-order valence-electron chi connectivity index (χ3n) is 3.55. The molecule has 0 aromatic carbocycles. The number of allylic oxidation sites excluding steroid dienone is 6. The van der Waals surface area contributed by atoms with E-state index >= 15 is 0 Å². The molecule has 0 aliphatic carbocycles. The number of amides is 2. The molecule has 0 unspecified atom stereocenters. The van der Waals surface area contributed by atoms with Gasteiger partial charge in [-0.1, -0.05) is 36.9 Å². The molecule has 0 aliphatic rings. The number of urea groups is 1. The maximum Gasteiger partial charge on any atom is 0.319 e. The lowest BCUT2D eigenvalue weighted by Crippen LogP contribution is -2.35. The van der Waals surface area contributed by atoms with Crippen LogP contribution in [0.3, 0.4) is 0 Å². The van der Waals surface area contributed by atoms with Crippen LogP contribution in [0, 0.1) is 0 Å². The summed E-state index contributed by atoms with van der Waals surface area (Å²) in [6.07, 6.45) is 9.92. The first-order chi connectivity index (χ1) is 12.8. The lowest BCUT2D eigenvalue weighted by molar-refractivity contribution is 0.243. The van der Waals surface area contributed by atoms with E-state index in [9.17, 15) is 4.79 Å². The van der Waals surface area contributed by atoms with E-state index in [0.29, 0.717) is 18.7 Å². The number of nitrogens with one attached hydrogen (secondary N) is 2. The van der Waals surface area contributed by atoms with E-state index in [-0.39, 0.29) is 6.03 Å². The van der Waals surface area contributed by atoms with Gasteiger partial charge in [0.05, 0.1) is 0 Å². The molecule has 1 aromatic heterocycles. The fourth-order valence-corrected chi connectivity index (χ4v) is 2.28. The number of carbonyl (C=O) groups excluding carboxylic acids is 1. The van der Waals surface area contributed by atoms with Crippen molar-refractivity contribution in [1.82, 2.24) is 15.6 Å². The Labute approximate surface area is 162 Å². The van der Waals surface area contributed by atoms with Crippen molar-refractivity contribution in [1.29, 1.82) is 0 Å². The molecule has 0 fully saturated rings. The summed E-state index contributed by atoms with van der Waals surface area (Å²) in [4.78, 5) is 18.6. The minimum atomic E-state index is -0.251. The van der Waals surface area contributed by atoms with Crippen LogP contribution in [0.1, 0.15) is 26.5 Å². The molecular formula is C22H30N4O. The molecule has 5 heteroatoms. The first-order valence-corrected chi connectivity index (χ1v) is 8.90. The van der Waals surface area contributed by atoms with Crippen molar-refractivity contribution in [2.75, 3.05) is 18.5 Å².